The molecule has 0 aliphatic carbocycles. The molecule has 1 amide bonds. The van der Waals surface area contributed by atoms with Crippen LogP contribution in [0.2, 0.25) is 5.02 Å². The van der Waals surface area contributed by atoms with Crippen molar-refractivity contribution in [3.8, 4) is 22.6 Å². The summed E-state index contributed by atoms with van der Waals surface area (Å²) in [6.45, 7) is 0. The first kappa shape index (κ1) is 15.5. The zero-order valence-electron chi connectivity index (χ0n) is 11.7. The first-order chi connectivity index (χ1) is 11.0. The Bertz CT molecular complexity index is 909. The van der Waals surface area contributed by atoms with Gasteiger partial charge in [-0.2, -0.15) is 0 Å². The number of rotatable bonds is 2. The molecular formula is C15H11BrClN5O. The third kappa shape index (κ3) is 2.80. The molecule has 0 spiro atoms. The first-order valence-corrected chi connectivity index (χ1v) is 7.71. The van der Waals surface area contributed by atoms with E-state index in [0.29, 0.717) is 27.7 Å². The van der Waals surface area contributed by atoms with Crippen LogP contribution in [0, 0.1) is 0 Å². The van der Waals surface area contributed by atoms with Gasteiger partial charge in [-0.3, -0.25) is 4.57 Å². The standard InChI is InChI=1S/C15H11BrClN5O/c16-9-3-1-2-8(13(9)17)11-4-5-12(22(11)15(19)23)10-6-7-20-14(18)21-10/h1-7H,(H2,19,23)(H2,18,20,21). The minimum atomic E-state index is -0.645. The maximum absolute atomic E-state index is 12.0. The van der Waals surface area contributed by atoms with Crippen molar-refractivity contribution in [2.45, 2.75) is 0 Å². The molecule has 3 rings (SSSR count). The van der Waals surface area contributed by atoms with Crippen LogP contribution in [-0.2, 0) is 0 Å². The van der Waals surface area contributed by atoms with Gasteiger partial charge in [0, 0.05) is 16.2 Å². The monoisotopic (exact) mass is 391 g/mol. The Kier molecular flexibility index (Phi) is 4.06. The highest BCUT2D eigenvalue weighted by Crippen LogP contribution is 2.36. The first-order valence-electron chi connectivity index (χ1n) is 6.54. The van der Waals surface area contributed by atoms with Gasteiger partial charge in [0.05, 0.1) is 22.1 Å². The van der Waals surface area contributed by atoms with Crippen molar-refractivity contribution < 1.29 is 4.79 Å². The molecule has 4 N–H and O–H groups in total. The number of halogens is 2. The highest BCUT2D eigenvalue weighted by Gasteiger charge is 2.19. The summed E-state index contributed by atoms with van der Waals surface area (Å²) in [5.41, 5.74) is 13.4. The minimum Gasteiger partial charge on any atom is -0.368 e. The zero-order chi connectivity index (χ0) is 16.6. The van der Waals surface area contributed by atoms with Crippen LogP contribution in [0.4, 0.5) is 10.7 Å². The molecular weight excluding hydrogens is 382 g/mol. The highest BCUT2D eigenvalue weighted by atomic mass is 79.9. The molecule has 0 aliphatic heterocycles. The average molecular weight is 393 g/mol. The van der Waals surface area contributed by atoms with Crippen molar-refractivity contribution in [2.75, 3.05) is 5.73 Å². The predicted octanol–water partition coefficient (Wildman–Crippen LogP) is 3.54. The molecule has 0 fully saturated rings. The fourth-order valence-electron chi connectivity index (χ4n) is 2.30. The zero-order valence-corrected chi connectivity index (χ0v) is 14.0. The van der Waals surface area contributed by atoms with Crippen molar-refractivity contribution >= 4 is 39.5 Å². The van der Waals surface area contributed by atoms with E-state index in [-0.39, 0.29) is 5.95 Å². The lowest BCUT2D eigenvalue weighted by atomic mass is 10.1. The lowest BCUT2D eigenvalue weighted by molar-refractivity contribution is 0.251. The predicted molar refractivity (Wildman–Crippen MR) is 93.0 cm³/mol. The number of nitrogen functional groups attached to an aromatic ring is 1. The number of hydrogen-bond acceptors (Lipinski definition) is 4. The maximum Gasteiger partial charge on any atom is 0.323 e. The highest BCUT2D eigenvalue weighted by molar-refractivity contribution is 9.10. The number of benzene rings is 1. The number of carbonyl (C=O) groups excluding carboxylic acids is 1. The molecule has 0 radical (unpaired) electrons. The van der Waals surface area contributed by atoms with E-state index in [2.05, 4.69) is 25.9 Å². The number of carbonyl (C=O) groups is 1. The molecule has 0 saturated carbocycles. The molecule has 116 valence electrons. The van der Waals surface area contributed by atoms with E-state index in [4.69, 9.17) is 23.1 Å². The van der Waals surface area contributed by atoms with Crippen molar-refractivity contribution in [1.82, 2.24) is 14.5 Å². The molecule has 1 aromatic carbocycles. The van der Waals surface area contributed by atoms with Crippen LogP contribution in [0.25, 0.3) is 22.6 Å². The van der Waals surface area contributed by atoms with Gasteiger partial charge in [-0.15, -0.1) is 0 Å². The summed E-state index contributed by atoms with van der Waals surface area (Å²) in [6.07, 6.45) is 1.52. The normalized spacial score (nSPS) is 10.7. The number of anilines is 1. The van der Waals surface area contributed by atoms with Crippen LogP contribution in [0.1, 0.15) is 0 Å². The molecule has 2 aromatic heterocycles. The summed E-state index contributed by atoms with van der Waals surface area (Å²) in [7, 11) is 0. The number of primary amides is 1. The number of nitrogens with two attached hydrogens (primary N) is 2. The number of hydrogen-bond donors (Lipinski definition) is 2. The van der Waals surface area contributed by atoms with E-state index >= 15 is 0 Å². The minimum absolute atomic E-state index is 0.113. The van der Waals surface area contributed by atoms with Crippen LogP contribution >= 0.6 is 27.5 Å². The third-order valence-electron chi connectivity index (χ3n) is 3.27. The molecule has 0 unspecified atom stereocenters. The third-order valence-corrected chi connectivity index (χ3v) is 4.56. The second kappa shape index (κ2) is 6.02. The number of amides is 1. The molecule has 0 bridgehead atoms. The van der Waals surface area contributed by atoms with Crippen LogP contribution < -0.4 is 11.5 Å². The van der Waals surface area contributed by atoms with E-state index in [1.807, 2.05) is 12.1 Å². The molecule has 6 nitrogen and oxygen atoms in total. The lowest BCUT2D eigenvalue weighted by Crippen LogP contribution is -2.21. The summed E-state index contributed by atoms with van der Waals surface area (Å²) in [5, 5.41) is 0.488. The van der Waals surface area contributed by atoms with Gasteiger partial charge in [-0.25, -0.2) is 14.8 Å². The van der Waals surface area contributed by atoms with E-state index in [9.17, 15) is 4.79 Å². The van der Waals surface area contributed by atoms with Crippen LogP contribution in [0.5, 0.6) is 0 Å². The quantitative estimate of drug-likeness (QED) is 0.696. The number of nitrogens with zero attached hydrogens (tertiary/aromatic N) is 3. The van der Waals surface area contributed by atoms with Gasteiger partial charge in [-0.1, -0.05) is 23.7 Å². The van der Waals surface area contributed by atoms with Gasteiger partial charge < -0.3 is 11.5 Å². The smallest absolute Gasteiger partial charge is 0.323 e. The van der Waals surface area contributed by atoms with E-state index in [1.54, 1.807) is 24.3 Å². The fourth-order valence-corrected chi connectivity index (χ4v) is 2.89. The molecule has 0 saturated heterocycles. The Labute approximate surface area is 145 Å². The Morgan fingerprint density at radius 2 is 1.91 bits per heavy atom. The summed E-state index contributed by atoms with van der Waals surface area (Å²) >= 11 is 9.70. The largest absolute Gasteiger partial charge is 0.368 e. The Balaban J connectivity index is 2.25. The van der Waals surface area contributed by atoms with Gasteiger partial charge in [0.15, 0.2) is 0 Å². The second-order valence-corrected chi connectivity index (χ2v) is 5.91. The van der Waals surface area contributed by atoms with Crippen molar-refractivity contribution in [3.63, 3.8) is 0 Å². The molecule has 0 aliphatic rings. The van der Waals surface area contributed by atoms with E-state index < -0.39 is 6.03 Å². The van der Waals surface area contributed by atoms with Crippen molar-refractivity contribution in [3.05, 3.63) is 52.1 Å². The molecule has 23 heavy (non-hydrogen) atoms. The van der Waals surface area contributed by atoms with Gasteiger partial charge in [-0.05, 0) is 40.2 Å². The summed E-state index contributed by atoms with van der Waals surface area (Å²) in [6, 6.07) is 9.94. The van der Waals surface area contributed by atoms with Crippen molar-refractivity contribution in [1.29, 1.82) is 0 Å². The Morgan fingerprint density at radius 1 is 1.17 bits per heavy atom. The SMILES string of the molecule is NC(=O)n1c(-c2ccnc(N)n2)ccc1-c1cccc(Br)c1Cl. The number of aromatic nitrogens is 3. The van der Waals surface area contributed by atoms with Gasteiger partial charge in [0.25, 0.3) is 0 Å². The molecule has 2 heterocycles. The summed E-state index contributed by atoms with van der Waals surface area (Å²) in [5.74, 6) is 0.113. The Morgan fingerprint density at radius 3 is 2.61 bits per heavy atom. The van der Waals surface area contributed by atoms with E-state index in [1.165, 1.54) is 10.8 Å². The van der Waals surface area contributed by atoms with Gasteiger partial charge >= 0.3 is 6.03 Å². The maximum atomic E-state index is 12.0. The van der Waals surface area contributed by atoms with Crippen LogP contribution in [-0.4, -0.2) is 20.6 Å². The summed E-state index contributed by atoms with van der Waals surface area (Å²) in [4.78, 5) is 20.0. The Hall–Kier alpha value is -2.38. The molecule has 0 atom stereocenters. The van der Waals surface area contributed by atoms with Gasteiger partial charge in [0.1, 0.15) is 0 Å². The summed E-state index contributed by atoms with van der Waals surface area (Å²) < 4.78 is 2.07. The molecule has 8 heteroatoms. The van der Waals surface area contributed by atoms with Crippen LogP contribution in [0.15, 0.2) is 47.1 Å². The van der Waals surface area contributed by atoms with Crippen LogP contribution in [0.3, 0.4) is 0 Å². The van der Waals surface area contributed by atoms with Gasteiger partial charge in [0.2, 0.25) is 5.95 Å². The second-order valence-electron chi connectivity index (χ2n) is 4.68. The molecule has 3 aromatic rings. The average Bonchev–Trinajstić information content (AvgIpc) is 2.95. The van der Waals surface area contributed by atoms with Crippen molar-refractivity contribution in [2.24, 2.45) is 5.73 Å². The fraction of sp³-hybridized carbons (Fsp3) is 0. The van der Waals surface area contributed by atoms with E-state index in [0.717, 1.165) is 4.47 Å². The topological polar surface area (TPSA) is 99.8 Å². The lowest BCUT2D eigenvalue weighted by Gasteiger charge is -2.11.